The first-order valence-electron chi connectivity index (χ1n) is 9.48. The molecule has 4 heteroatoms. The van der Waals surface area contributed by atoms with Crippen LogP contribution >= 0.6 is 31.9 Å². The van der Waals surface area contributed by atoms with Crippen molar-refractivity contribution in [3.05, 3.63) is 26.6 Å². The molecule has 4 aliphatic carbocycles. The number of hydrogen-bond acceptors (Lipinski definition) is 2. The molecule has 0 radical (unpaired) electrons. The van der Waals surface area contributed by atoms with Gasteiger partial charge in [-0.1, -0.05) is 6.92 Å². The van der Waals surface area contributed by atoms with Gasteiger partial charge in [0, 0.05) is 12.6 Å². The van der Waals surface area contributed by atoms with Crippen LogP contribution in [0.4, 0.5) is 0 Å². The topological polar surface area (TPSA) is 21.3 Å². The highest BCUT2D eigenvalue weighted by Crippen LogP contribution is 2.53. The van der Waals surface area contributed by atoms with Gasteiger partial charge in [-0.05, 0) is 112 Å². The Balaban J connectivity index is 1.41. The van der Waals surface area contributed by atoms with Crippen LogP contribution in [0.15, 0.2) is 21.1 Å². The molecule has 0 saturated heterocycles. The number of halogens is 2. The van der Waals surface area contributed by atoms with E-state index < -0.39 is 0 Å². The van der Waals surface area contributed by atoms with Crippen molar-refractivity contribution in [2.75, 3.05) is 6.61 Å². The molecule has 0 spiro atoms. The van der Waals surface area contributed by atoms with E-state index in [1.165, 1.54) is 37.7 Å². The normalized spacial score (nSPS) is 33.9. The fourth-order valence-electron chi connectivity index (χ4n) is 5.55. The van der Waals surface area contributed by atoms with Crippen LogP contribution in [0.1, 0.15) is 51.0 Å². The molecule has 4 aliphatic rings. The zero-order valence-corrected chi connectivity index (χ0v) is 17.5. The van der Waals surface area contributed by atoms with Crippen LogP contribution in [0, 0.1) is 23.7 Å². The van der Waals surface area contributed by atoms with Crippen LogP contribution in [-0.4, -0.2) is 12.6 Å². The molecule has 5 rings (SSSR count). The molecule has 0 amide bonds. The number of nitrogens with one attached hydrogen (secondary N) is 1. The molecule has 0 aromatic heterocycles. The van der Waals surface area contributed by atoms with Gasteiger partial charge in [0.1, 0.15) is 5.75 Å². The minimum absolute atomic E-state index is 0.742. The number of ether oxygens (including phenoxy) is 1. The van der Waals surface area contributed by atoms with Crippen molar-refractivity contribution in [2.24, 2.45) is 23.7 Å². The third-order valence-electron chi connectivity index (χ3n) is 6.28. The first kappa shape index (κ1) is 17.4. The van der Waals surface area contributed by atoms with E-state index in [2.05, 4.69) is 56.2 Å². The summed E-state index contributed by atoms with van der Waals surface area (Å²) in [6.45, 7) is 3.84. The van der Waals surface area contributed by atoms with Gasteiger partial charge in [-0.25, -0.2) is 0 Å². The second-order valence-electron chi connectivity index (χ2n) is 8.07. The maximum atomic E-state index is 5.83. The number of benzene rings is 1. The first-order valence-corrected chi connectivity index (χ1v) is 11.1. The van der Waals surface area contributed by atoms with Crippen molar-refractivity contribution >= 4 is 31.9 Å². The van der Waals surface area contributed by atoms with E-state index in [0.717, 1.165) is 64.0 Å². The van der Waals surface area contributed by atoms with Gasteiger partial charge in [0.05, 0.1) is 15.6 Å². The average Bonchev–Trinajstić information content (AvgIpc) is 2.53. The van der Waals surface area contributed by atoms with Gasteiger partial charge in [-0.2, -0.15) is 0 Å². The molecule has 132 valence electrons. The zero-order chi connectivity index (χ0) is 16.7. The lowest BCUT2D eigenvalue weighted by atomic mass is 9.54. The van der Waals surface area contributed by atoms with Crippen LogP contribution in [0.2, 0.25) is 0 Å². The highest BCUT2D eigenvalue weighted by Gasteiger charge is 2.47. The van der Waals surface area contributed by atoms with Gasteiger partial charge < -0.3 is 10.1 Å². The van der Waals surface area contributed by atoms with E-state index in [9.17, 15) is 0 Å². The summed E-state index contributed by atoms with van der Waals surface area (Å²) in [4.78, 5) is 0. The maximum absolute atomic E-state index is 5.83. The Morgan fingerprint density at radius 3 is 2.12 bits per heavy atom. The fourth-order valence-corrected chi connectivity index (χ4v) is 7.06. The fraction of sp³-hybridized carbons (Fsp3) is 0.700. The Hall–Kier alpha value is -0.0600. The van der Waals surface area contributed by atoms with Crippen LogP contribution < -0.4 is 10.1 Å². The molecule has 1 N–H and O–H groups in total. The minimum Gasteiger partial charge on any atom is -0.491 e. The predicted molar refractivity (Wildman–Crippen MR) is 105 cm³/mol. The summed E-state index contributed by atoms with van der Waals surface area (Å²) >= 11 is 7.35. The van der Waals surface area contributed by atoms with Crippen LogP contribution in [0.3, 0.4) is 0 Å². The molecule has 24 heavy (non-hydrogen) atoms. The molecular weight excluding hydrogens is 430 g/mol. The lowest BCUT2D eigenvalue weighted by Crippen LogP contribution is -2.54. The van der Waals surface area contributed by atoms with E-state index >= 15 is 0 Å². The third-order valence-corrected chi connectivity index (χ3v) is 7.46. The lowest BCUT2D eigenvalue weighted by Gasteiger charge is -2.54. The number of hydrogen-bond donors (Lipinski definition) is 1. The summed E-state index contributed by atoms with van der Waals surface area (Å²) in [5.74, 6) is 4.88. The molecule has 4 fully saturated rings. The van der Waals surface area contributed by atoms with Crippen molar-refractivity contribution in [1.29, 1.82) is 0 Å². The van der Waals surface area contributed by atoms with E-state index in [1.807, 2.05) is 0 Å². The maximum Gasteiger partial charge on any atom is 0.147 e. The Labute approximate surface area is 162 Å². The van der Waals surface area contributed by atoms with Crippen LogP contribution in [0.5, 0.6) is 5.75 Å². The average molecular weight is 457 g/mol. The summed E-state index contributed by atoms with van der Waals surface area (Å²) in [6.07, 6.45) is 8.45. The SMILES string of the molecule is CCCOc1c(Br)cc(CNC2C3CC4CC(C3)CC2C4)cc1Br. The Morgan fingerprint density at radius 2 is 1.58 bits per heavy atom. The molecule has 1 aromatic carbocycles. The molecule has 0 unspecified atom stereocenters. The van der Waals surface area contributed by atoms with Gasteiger partial charge in [-0.3, -0.25) is 0 Å². The predicted octanol–water partition coefficient (Wildman–Crippen LogP) is 5.91. The summed E-state index contributed by atoms with van der Waals surface area (Å²) in [6, 6.07) is 5.16. The Kier molecular flexibility index (Phi) is 5.27. The van der Waals surface area contributed by atoms with Crippen molar-refractivity contribution in [3.63, 3.8) is 0 Å². The van der Waals surface area contributed by atoms with Gasteiger partial charge in [0.15, 0.2) is 0 Å². The summed E-state index contributed by atoms with van der Waals surface area (Å²) in [5.41, 5.74) is 1.33. The quantitative estimate of drug-likeness (QED) is 0.573. The van der Waals surface area contributed by atoms with Gasteiger partial charge in [-0.15, -0.1) is 0 Å². The molecule has 0 heterocycles. The first-order chi connectivity index (χ1) is 11.6. The smallest absolute Gasteiger partial charge is 0.147 e. The largest absolute Gasteiger partial charge is 0.491 e. The Bertz CT molecular complexity index is 552. The molecular formula is C20H27Br2NO. The molecule has 0 aliphatic heterocycles. The second kappa shape index (κ2) is 7.28. The van der Waals surface area contributed by atoms with E-state index in [4.69, 9.17) is 4.74 Å². The number of rotatable bonds is 6. The van der Waals surface area contributed by atoms with Crippen molar-refractivity contribution in [2.45, 2.75) is 58.0 Å². The monoisotopic (exact) mass is 455 g/mol. The molecule has 4 saturated carbocycles. The third kappa shape index (κ3) is 3.43. The molecule has 2 nitrogen and oxygen atoms in total. The van der Waals surface area contributed by atoms with E-state index in [-0.39, 0.29) is 0 Å². The van der Waals surface area contributed by atoms with E-state index in [0.29, 0.717) is 0 Å². The second-order valence-corrected chi connectivity index (χ2v) is 9.78. The molecule has 0 atom stereocenters. The van der Waals surface area contributed by atoms with Crippen LogP contribution in [-0.2, 0) is 6.54 Å². The van der Waals surface area contributed by atoms with Gasteiger partial charge in [0.25, 0.3) is 0 Å². The van der Waals surface area contributed by atoms with E-state index in [1.54, 1.807) is 0 Å². The molecule has 1 aromatic rings. The highest BCUT2D eigenvalue weighted by atomic mass is 79.9. The van der Waals surface area contributed by atoms with Crippen molar-refractivity contribution in [3.8, 4) is 5.75 Å². The highest BCUT2D eigenvalue weighted by molar-refractivity contribution is 9.11. The Morgan fingerprint density at radius 1 is 1.00 bits per heavy atom. The van der Waals surface area contributed by atoms with Crippen LogP contribution in [0.25, 0.3) is 0 Å². The van der Waals surface area contributed by atoms with Crippen molar-refractivity contribution in [1.82, 2.24) is 5.32 Å². The lowest BCUT2D eigenvalue weighted by molar-refractivity contribution is -0.0142. The minimum atomic E-state index is 0.742. The van der Waals surface area contributed by atoms with Crippen molar-refractivity contribution < 1.29 is 4.74 Å². The summed E-state index contributed by atoms with van der Waals surface area (Å²) < 4.78 is 7.93. The summed E-state index contributed by atoms with van der Waals surface area (Å²) in [5, 5.41) is 3.92. The van der Waals surface area contributed by atoms with Gasteiger partial charge in [0.2, 0.25) is 0 Å². The molecule has 4 bridgehead atoms. The standard InChI is InChI=1S/C20H27Br2NO/c1-2-3-24-20-17(21)9-14(10-18(20)22)11-23-19-15-5-12-4-13(7-15)8-16(19)6-12/h9-10,12-13,15-16,19,23H,2-8,11H2,1H3. The summed E-state index contributed by atoms with van der Waals surface area (Å²) in [7, 11) is 0. The zero-order valence-electron chi connectivity index (χ0n) is 14.4. The van der Waals surface area contributed by atoms with Gasteiger partial charge >= 0.3 is 0 Å².